The van der Waals surface area contributed by atoms with Gasteiger partial charge in [0.15, 0.2) is 6.29 Å². The van der Waals surface area contributed by atoms with Crippen LogP contribution in [0.3, 0.4) is 0 Å². The standard InChI is InChI=1S/C13H14ClN3O/c1-7-5-8(2)12(15-9(7)3)13-11(14)10(6-18)17(4)16-13/h5-6H,1-4H3. The summed E-state index contributed by atoms with van der Waals surface area (Å²) in [5.74, 6) is 0. The molecule has 18 heavy (non-hydrogen) atoms. The van der Waals surface area contributed by atoms with E-state index in [-0.39, 0.29) is 0 Å². The summed E-state index contributed by atoms with van der Waals surface area (Å²) in [5, 5.41) is 4.63. The number of rotatable bonds is 2. The molecule has 2 rings (SSSR count). The number of pyridine rings is 1. The number of carbonyl (C=O) groups excluding carboxylic acids is 1. The summed E-state index contributed by atoms with van der Waals surface area (Å²) in [6.07, 6.45) is 0.704. The minimum Gasteiger partial charge on any atom is -0.296 e. The Bertz CT molecular complexity index is 632. The van der Waals surface area contributed by atoms with Gasteiger partial charge in [-0.05, 0) is 31.9 Å². The molecule has 94 valence electrons. The fraction of sp³-hybridized carbons (Fsp3) is 0.308. The molecule has 2 heterocycles. The van der Waals surface area contributed by atoms with Gasteiger partial charge >= 0.3 is 0 Å². The van der Waals surface area contributed by atoms with Crippen LogP contribution in [-0.2, 0) is 7.05 Å². The molecule has 0 radical (unpaired) electrons. The van der Waals surface area contributed by atoms with Gasteiger partial charge in [0, 0.05) is 12.7 Å². The third kappa shape index (κ3) is 1.93. The van der Waals surface area contributed by atoms with Gasteiger partial charge in [-0.25, -0.2) is 0 Å². The zero-order valence-electron chi connectivity index (χ0n) is 10.8. The maximum absolute atomic E-state index is 10.9. The maximum Gasteiger partial charge on any atom is 0.169 e. The van der Waals surface area contributed by atoms with Crippen LogP contribution in [0, 0.1) is 20.8 Å². The van der Waals surface area contributed by atoms with Crippen molar-refractivity contribution in [3.8, 4) is 11.4 Å². The molecule has 0 atom stereocenters. The molecule has 0 aliphatic rings. The van der Waals surface area contributed by atoms with Crippen molar-refractivity contribution in [1.29, 1.82) is 0 Å². The normalized spacial score (nSPS) is 10.7. The highest BCUT2D eigenvalue weighted by Crippen LogP contribution is 2.30. The van der Waals surface area contributed by atoms with Crippen molar-refractivity contribution < 1.29 is 4.79 Å². The van der Waals surface area contributed by atoms with Crippen LogP contribution in [0.1, 0.15) is 27.3 Å². The number of nitrogens with zero attached hydrogens (tertiary/aromatic N) is 3. The number of hydrogen-bond acceptors (Lipinski definition) is 3. The van der Waals surface area contributed by atoms with Crippen molar-refractivity contribution in [2.24, 2.45) is 7.05 Å². The first-order valence-electron chi connectivity index (χ1n) is 5.58. The fourth-order valence-electron chi connectivity index (χ4n) is 1.87. The van der Waals surface area contributed by atoms with E-state index in [2.05, 4.69) is 10.1 Å². The molecule has 0 spiro atoms. The first-order chi connectivity index (χ1) is 8.45. The monoisotopic (exact) mass is 263 g/mol. The van der Waals surface area contributed by atoms with Gasteiger partial charge in [0.1, 0.15) is 11.4 Å². The Morgan fingerprint density at radius 3 is 2.44 bits per heavy atom. The molecule has 0 N–H and O–H groups in total. The molecule has 0 aromatic carbocycles. The second-order valence-electron chi connectivity index (χ2n) is 4.35. The minimum absolute atomic E-state index is 0.353. The lowest BCUT2D eigenvalue weighted by Gasteiger charge is -2.06. The number of halogens is 1. The molecule has 5 heteroatoms. The average molecular weight is 264 g/mol. The van der Waals surface area contributed by atoms with Crippen LogP contribution in [0.5, 0.6) is 0 Å². The molecule has 0 bridgehead atoms. The lowest BCUT2D eigenvalue weighted by Crippen LogP contribution is -1.97. The Morgan fingerprint density at radius 2 is 1.89 bits per heavy atom. The highest BCUT2D eigenvalue weighted by Gasteiger charge is 2.18. The Balaban J connectivity index is 2.70. The van der Waals surface area contributed by atoms with E-state index in [1.807, 2.05) is 26.8 Å². The van der Waals surface area contributed by atoms with Gasteiger partial charge in [-0.15, -0.1) is 0 Å². The molecule has 2 aromatic rings. The van der Waals surface area contributed by atoms with Gasteiger partial charge in [0.05, 0.1) is 10.7 Å². The molecule has 0 saturated carbocycles. The summed E-state index contributed by atoms with van der Waals surface area (Å²) in [6, 6.07) is 2.04. The van der Waals surface area contributed by atoms with E-state index < -0.39 is 0 Å². The molecule has 0 saturated heterocycles. The number of aromatic nitrogens is 3. The molecule has 0 amide bonds. The van der Waals surface area contributed by atoms with E-state index in [4.69, 9.17) is 11.6 Å². The van der Waals surface area contributed by atoms with Crippen molar-refractivity contribution in [3.05, 3.63) is 33.6 Å². The Morgan fingerprint density at radius 1 is 1.22 bits per heavy atom. The van der Waals surface area contributed by atoms with Gasteiger partial charge in [-0.3, -0.25) is 14.5 Å². The molecule has 0 unspecified atom stereocenters. The summed E-state index contributed by atoms with van der Waals surface area (Å²) >= 11 is 6.17. The Hall–Kier alpha value is -1.68. The summed E-state index contributed by atoms with van der Waals surface area (Å²) < 4.78 is 1.47. The van der Waals surface area contributed by atoms with Gasteiger partial charge in [0.2, 0.25) is 0 Å². The third-order valence-electron chi connectivity index (χ3n) is 3.02. The van der Waals surface area contributed by atoms with Crippen molar-refractivity contribution in [1.82, 2.24) is 14.8 Å². The second-order valence-corrected chi connectivity index (χ2v) is 4.72. The maximum atomic E-state index is 10.9. The molecular formula is C13H14ClN3O. The quantitative estimate of drug-likeness (QED) is 0.783. The Labute approximate surface area is 111 Å². The lowest BCUT2D eigenvalue weighted by molar-refractivity contribution is 0.111. The molecular weight excluding hydrogens is 250 g/mol. The Kier molecular flexibility index (Phi) is 3.22. The number of hydrogen-bond donors (Lipinski definition) is 0. The van der Waals surface area contributed by atoms with Crippen LogP contribution < -0.4 is 0 Å². The van der Waals surface area contributed by atoms with Crippen LogP contribution in [0.2, 0.25) is 5.02 Å². The largest absolute Gasteiger partial charge is 0.296 e. The highest BCUT2D eigenvalue weighted by atomic mass is 35.5. The van der Waals surface area contributed by atoms with E-state index in [0.29, 0.717) is 22.7 Å². The van der Waals surface area contributed by atoms with Crippen molar-refractivity contribution in [2.75, 3.05) is 0 Å². The predicted octanol–water partition coefficient (Wildman–Crippen LogP) is 2.87. The van der Waals surface area contributed by atoms with Crippen molar-refractivity contribution in [2.45, 2.75) is 20.8 Å². The van der Waals surface area contributed by atoms with Crippen molar-refractivity contribution >= 4 is 17.9 Å². The number of carbonyl (C=O) groups is 1. The van der Waals surface area contributed by atoms with E-state index in [0.717, 1.165) is 22.5 Å². The predicted molar refractivity (Wildman–Crippen MR) is 71.0 cm³/mol. The molecule has 2 aromatic heterocycles. The van der Waals surface area contributed by atoms with Gasteiger partial charge in [-0.2, -0.15) is 5.10 Å². The number of aldehydes is 1. The summed E-state index contributed by atoms with van der Waals surface area (Å²) in [5.41, 5.74) is 4.71. The first kappa shape index (κ1) is 12.8. The first-order valence-corrected chi connectivity index (χ1v) is 5.96. The summed E-state index contributed by atoms with van der Waals surface area (Å²) in [7, 11) is 1.69. The molecule has 0 fully saturated rings. The summed E-state index contributed by atoms with van der Waals surface area (Å²) in [6.45, 7) is 5.91. The molecule has 0 aliphatic carbocycles. The topological polar surface area (TPSA) is 47.8 Å². The average Bonchev–Trinajstić information content (AvgIpc) is 2.59. The van der Waals surface area contributed by atoms with E-state index >= 15 is 0 Å². The van der Waals surface area contributed by atoms with Gasteiger partial charge in [0.25, 0.3) is 0 Å². The van der Waals surface area contributed by atoms with E-state index in [1.54, 1.807) is 7.05 Å². The van der Waals surface area contributed by atoms with Crippen molar-refractivity contribution in [3.63, 3.8) is 0 Å². The fourth-order valence-corrected chi connectivity index (χ4v) is 2.17. The van der Waals surface area contributed by atoms with Crippen LogP contribution in [0.4, 0.5) is 0 Å². The van der Waals surface area contributed by atoms with Crippen LogP contribution in [-0.4, -0.2) is 21.1 Å². The smallest absolute Gasteiger partial charge is 0.169 e. The molecule has 4 nitrogen and oxygen atoms in total. The van der Waals surface area contributed by atoms with Gasteiger partial charge in [-0.1, -0.05) is 17.7 Å². The zero-order valence-corrected chi connectivity index (χ0v) is 11.5. The molecule has 0 aliphatic heterocycles. The highest BCUT2D eigenvalue weighted by molar-refractivity contribution is 6.35. The number of aryl methyl sites for hydroxylation is 4. The van der Waals surface area contributed by atoms with Crippen LogP contribution in [0.15, 0.2) is 6.07 Å². The van der Waals surface area contributed by atoms with E-state index in [1.165, 1.54) is 4.68 Å². The second kappa shape index (κ2) is 4.53. The van der Waals surface area contributed by atoms with Crippen LogP contribution >= 0.6 is 11.6 Å². The van der Waals surface area contributed by atoms with E-state index in [9.17, 15) is 4.79 Å². The summed E-state index contributed by atoms with van der Waals surface area (Å²) in [4.78, 5) is 15.4. The minimum atomic E-state index is 0.353. The SMILES string of the molecule is Cc1cc(C)c(-c2nn(C)c(C=O)c2Cl)nc1C. The van der Waals surface area contributed by atoms with Crippen LogP contribution in [0.25, 0.3) is 11.4 Å². The zero-order chi connectivity index (χ0) is 13.4. The lowest BCUT2D eigenvalue weighted by atomic mass is 10.1. The van der Waals surface area contributed by atoms with Gasteiger partial charge < -0.3 is 0 Å². The third-order valence-corrected chi connectivity index (χ3v) is 3.40.